The lowest BCUT2D eigenvalue weighted by Crippen LogP contribution is -2.17. The number of hydrogen-bond acceptors (Lipinski definition) is 5. The highest BCUT2D eigenvalue weighted by Gasteiger charge is 2.16. The number of aromatic nitrogens is 2. The van der Waals surface area contributed by atoms with Gasteiger partial charge in [-0.3, -0.25) is 4.79 Å². The van der Waals surface area contributed by atoms with Gasteiger partial charge in [0.2, 0.25) is 0 Å². The molecule has 0 fully saturated rings. The Kier molecular flexibility index (Phi) is 4.52. The number of H-pyrrole nitrogens is 1. The average molecular weight is 406 g/mol. The van der Waals surface area contributed by atoms with E-state index in [-0.39, 0.29) is 16.6 Å². The van der Waals surface area contributed by atoms with E-state index >= 15 is 0 Å². The molecule has 8 heteroatoms. The van der Waals surface area contributed by atoms with Crippen LogP contribution in [0.1, 0.15) is 18.8 Å². The molecule has 3 aromatic heterocycles. The first-order chi connectivity index (χ1) is 12.5. The summed E-state index contributed by atoms with van der Waals surface area (Å²) in [5.74, 6) is 0.0417. The number of halogens is 2. The molecule has 26 heavy (non-hydrogen) atoms. The summed E-state index contributed by atoms with van der Waals surface area (Å²) >= 11 is 8.85. The van der Waals surface area contributed by atoms with Crippen molar-refractivity contribution in [2.45, 2.75) is 13.0 Å². The van der Waals surface area contributed by atoms with E-state index in [0.717, 1.165) is 10.4 Å². The zero-order valence-corrected chi connectivity index (χ0v) is 15.9. The molecule has 132 valence electrons. The highest BCUT2D eigenvalue weighted by Crippen LogP contribution is 2.34. The van der Waals surface area contributed by atoms with Crippen LogP contribution in [0.25, 0.3) is 20.7 Å². The summed E-state index contributed by atoms with van der Waals surface area (Å²) in [5.41, 5.74) is 1.39. The van der Waals surface area contributed by atoms with Crippen LogP contribution in [0.15, 0.2) is 45.9 Å². The molecular weight excluding hydrogens is 393 g/mol. The Morgan fingerprint density at radius 2 is 2.15 bits per heavy atom. The van der Waals surface area contributed by atoms with Crippen LogP contribution in [0.2, 0.25) is 5.02 Å². The van der Waals surface area contributed by atoms with Gasteiger partial charge in [-0.2, -0.15) is 0 Å². The molecule has 4 nitrogen and oxygen atoms in total. The fraction of sp³-hybridized carbons (Fsp3) is 0.111. The second-order valence-electron chi connectivity index (χ2n) is 5.75. The molecule has 0 unspecified atom stereocenters. The average Bonchev–Trinajstić information content (AvgIpc) is 3.27. The molecule has 2 N–H and O–H groups in total. The summed E-state index contributed by atoms with van der Waals surface area (Å²) in [6.45, 7) is 1.87. The number of aromatic amines is 1. The van der Waals surface area contributed by atoms with Crippen LogP contribution in [0.5, 0.6) is 0 Å². The Morgan fingerprint density at radius 3 is 2.88 bits per heavy atom. The molecule has 4 rings (SSSR count). The maximum absolute atomic E-state index is 13.3. The zero-order valence-electron chi connectivity index (χ0n) is 13.5. The van der Waals surface area contributed by atoms with E-state index in [2.05, 4.69) is 15.3 Å². The van der Waals surface area contributed by atoms with E-state index in [4.69, 9.17) is 11.6 Å². The molecule has 0 aliphatic carbocycles. The minimum absolute atomic E-state index is 0.0398. The summed E-state index contributed by atoms with van der Waals surface area (Å²) in [5, 5.41) is 7.76. The molecule has 3 heterocycles. The van der Waals surface area contributed by atoms with E-state index in [1.807, 2.05) is 29.8 Å². The Bertz CT molecular complexity index is 1140. The van der Waals surface area contributed by atoms with Gasteiger partial charge in [0.25, 0.3) is 5.56 Å². The van der Waals surface area contributed by atoms with Gasteiger partial charge in [0.05, 0.1) is 16.5 Å². The molecule has 1 aromatic carbocycles. The monoisotopic (exact) mass is 405 g/mol. The second kappa shape index (κ2) is 6.83. The van der Waals surface area contributed by atoms with Gasteiger partial charge in [0, 0.05) is 21.5 Å². The number of fused-ring (bicyclic) bond motifs is 1. The Hall–Kier alpha value is -2.22. The van der Waals surface area contributed by atoms with Gasteiger partial charge < -0.3 is 10.3 Å². The van der Waals surface area contributed by atoms with Crippen LogP contribution >= 0.6 is 34.3 Å². The molecule has 0 bridgehead atoms. The van der Waals surface area contributed by atoms with E-state index in [0.29, 0.717) is 21.7 Å². The van der Waals surface area contributed by atoms with Gasteiger partial charge >= 0.3 is 0 Å². The Balaban J connectivity index is 1.69. The standard InChI is InChI=1S/C18H13ClFN3OS2/c1-9(21-10-4-5-13(20)12(19)7-10)16-22-17(24)15-11(8-26-18(15)23-16)14-3-2-6-25-14/h2-9,21H,1H3,(H,22,23,24)/t9-/m1/s1. The molecule has 0 saturated heterocycles. The largest absolute Gasteiger partial charge is 0.375 e. The lowest BCUT2D eigenvalue weighted by atomic mass is 10.2. The predicted molar refractivity (Wildman–Crippen MR) is 107 cm³/mol. The first kappa shape index (κ1) is 17.2. The van der Waals surface area contributed by atoms with Gasteiger partial charge in [-0.1, -0.05) is 17.7 Å². The van der Waals surface area contributed by atoms with Gasteiger partial charge in [0.15, 0.2) is 0 Å². The number of rotatable bonds is 4. The summed E-state index contributed by atoms with van der Waals surface area (Å²) < 4.78 is 13.3. The van der Waals surface area contributed by atoms with Gasteiger partial charge in [-0.05, 0) is 36.6 Å². The van der Waals surface area contributed by atoms with Crippen molar-refractivity contribution in [3.05, 3.63) is 68.1 Å². The highest BCUT2D eigenvalue weighted by molar-refractivity contribution is 7.18. The fourth-order valence-corrected chi connectivity index (χ4v) is 4.64. The van der Waals surface area contributed by atoms with Crippen molar-refractivity contribution in [1.82, 2.24) is 9.97 Å². The predicted octanol–water partition coefficient (Wildman–Crippen LogP) is 5.68. The van der Waals surface area contributed by atoms with Crippen molar-refractivity contribution < 1.29 is 4.39 Å². The fourth-order valence-electron chi connectivity index (χ4n) is 2.69. The van der Waals surface area contributed by atoms with E-state index in [9.17, 15) is 9.18 Å². The van der Waals surface area contributed by atoms with E-state index in [1.54, 1.807) is 17.4 Å². The van der Waals surface area contributed by atoms with Crippen LogP contribution in [-0.2, 0) is 0 Å². The summed E-state index contributed by atoms with van der Waals surface area (Å²) in [4.78, 5) is 21.8. The molecule has 0 spiro atoms. The Labute approximate surface area is 161 Å². The summed E-state index contributed by atoms with van der Waals surface area (Å²) in [7, 11) is 0. The van der Waals surface area contributed by atoms with Crippen molar-refractivity contribution in [2.75, 3.05) is 5.32 Å². The summed E-state index contributed by atoms with van der Waals surface area (Å²) in [6, 6.07) is 8.06. The molecule has 0 radical (unpaired) electrons. The van der Waals surface area contributed by atoms with Gasteiger partial charge in [-0.15, -0.1) is 22.7 Å². The molecule has 0 aliphatic rings. The minimum atomic E-state index is -0.475. The smallest absolute Gasteiger partial charge is 0.260 e. The van der Waals surface area contributed by atoms with Crippen molar-refractivity contribution in [3.8, 4) is 10.4 Å². The van der Waals surface area contributed by atoms with Crippen LogP contribution in [0.3, 0.4) is 0 Å². The van der Waals surface area contributed by atoms with E-state index in [1.165, 1.54) is 23.5 Å². The van der Waals surface area contributed by atoms with Gasteiger partial charge in [-0.25, -0.2) is 9.37 Å². The van der Waals surface area contributed by atoms with Crippen molar-refractivity contribution in [2.24, 2.45) is 0 Å². The maximum atomic E-state index is 13.3. The maximum Gasteiger partial charge on any atom is 0.260 e. The van der Waals surface area contributed by atoms with Crippen molar-refractivity contribution in [3.63, 3.8) is 0 Å². The number of nitrogens with one attached hydrogen (secondary N) is 2. The van der Waals surface area contributed by atoms with Crippen LogP contribution in [0.4, 0.5) is 10.1 Å². The lowest BCUT2D eigenvalue weighted by molar-refractivity contribution is 0.628. The van der Waals surface area contributed by atoms with Crippen LogP contribution in [0, 0.1) is 5.82 Å². The molecule has 0 saturated carbocycles. The quantitative estimate of drug-likeness (QED) is 0.459. The minimum Gasteiger partial charge on any atom is -0.375 e. The van der Waals surface area contributed by atoms with E-state index < -0.39 is 5.82 Å². The number of hydrogen-bond donors (Lipinski definition) is 2. The molecule has 1 atom stereocenters. The lowest BCUT2D eigenvalue weighted by Gasteiger charge is -2.15. The number of anilines is 1. The van der Waals surface area contributed by atoms with Crippen LogP contribution in [-0.4, -0.2) is 9.97 Å². The third-order valence-corrected chi connectivity index (χ3v) is 6.03. The zero-order chi connectivity index (χ0) is 18.3. The Morgan fingerprint density at radius 1 is 1.31 bits per heavy atom. The molecular formula is C18H13ClFN3OS2. The number of nitrogens with zero attached hydrogens (tertiary/aromatic N) is 1. The third kappa shape index (κ3) is 3.13. The van der Waals surface area contributed by atoms with Crippen LogP contribution < -0.4 is 10.9 Å². The topological polar surface area (TPSA) is 57.8 Å². The third-order valence-electron chi connectivity index (χ3n) is 3.96. The first-order valence-corrected chi connectivity index (χ1v) is 9.93. The SMILES string of the molecule is C[C@@H](Nc1ccc(F)c(Cl)c1)c1nc2scc(-c3cccs3)c2c(=O)[nH]1. The second-order valence-corrected chi connectivity index (χ2v) is 7.97. The molecule has 0 amide bonds. The normalized spacial score (nSPS) is 12.4. The van der Waals surface area contributed by atoms with Crippen molar-refractivity contribution in [1.29, 1.82) is 0 Å². The first-order valence-electron chi connectivity index (χ1n) is 7.80. The number of benzene rings is 1. The summed E-state index contributed by atoms with van der Waals surface area (Å²) in [6.07, 6.45) is 0. The van der Waals surface area contributed by atoms with Gasteiger partial charge in [0.1, 0.15) is 16.5 Å². The number of thiophene rings is 2. The molecule has 4 aromatic rings. The highest BCUT2D eigenvalue weighted by atomic mass is 35.5. The van der Waals surface area contributed by atoms with Crippen molar-refractivity contribution >= 4 is 50.2 Å². The molecule has 0 aliphatic heterocycles.